The van der Waals surface area contributed by atoms with Crippen molar-refractivity contribution in [1.29, 1.82) is 0 Å². The van der Waals surface area contributed by atoms with Crippen molar-refractivity contribution in [3.8, 4) is 0 Å². The zero-order chi connectivity index (χ0) is 10.3. The SMILES string of the molecule is CC(C)NCC(=O)NCCN(C)C. The number of hydrogen-bond acceptors (Lipinski definition) is 3. The summed E-state index contributed by atoms with van der Waals surface area (Å²) in [5.41, 5.74) is 0. The first kappa shape index (κ1) is 12.4. The molecule has 78 valence electrons. The summed E-state index contributed by atoms with van der Waals surface area (Å²) in [6.07, 6.45) is 0. The molecule has 13 heavy (non-hydrogen) atoms. The van der Waals surface area contributed by atoms with Crippen LogP contribution < -0.4 is 10.6 Å². The molecule has 0 aliphatic rings. The van der Waals surface area contributed by atoms with Gasteiger partial charge in [-0.15, -0.1) is 0 Å². The van der Waals surface area contributed by atoms with Crippen molar-refractivity contribution in [2.45, 2.75) is 19.9 Å². The van der Waals surface area contributed by atoms with Crippen molar-refractivity contribution >= 4 is 5.91 Å². The van der Waals surface area contributed by atoms with Gasteiger partial charge in [-0.3, -0.25) is 4.79 Å². The maximum Gasteiger partial charge on any atom is 0.234 e. The smallest absolute Gasteiger partial charge is 0.234 e. The van der Waals surface area contributed by atoms with Gasteiger partial charge in [-0.2, -0.15) is 0 Å². The van der Waals surface area contributed by atoms with Gasteiger partial charge in [-0.1, -0.05) is 13.8 Å². The Kier molecular flexibility index (Phi) is 6.54. The highest BCUT2D eigenvalue weighted by molar-refractivity contribution is 5.77. The Bertz CT molecular complexity index is 146. The molecule has 0 aromatic rings. The average Bonchev–Trinajstić information content (AvgIpc) is 2.00. The highest BCUT2D eigenvalue weighted by Crippen LogP contribution is 1.75. The lowest BCUT2D eigenvalue weighted by Gasteiger charge is -2.11. The van der Waals surface area contributed by atoms with Gasteiger partial charge in [0.15, 0.2) is 0 Å². The van der Waals surface area contributed by atoms with Gasteiger partial charge < -0.3 is 15.5 Å². The summed E-state index contributed by atoms with van der Waals surface area (Å²) in [6.45, 7) is 6.05. The summed E-state index contributed by atoms with van der Waals surface area (Å²) in [5, 5.41) is 5.88. The van der Waals surface area contributed by atoms with Crippen molar-refractivity contribution in [3.05, 3.63) is 0 Å². The van der Waals surface area contributed by atoms with Gasteiger partial charge in [-0.25, -0.2) is 0 Å². The second-order valence-corrected chi connectivity index (χ2v) is 3.69. The third-order valence-electron chi connectivity index (χ3n) is 1.55. The van der Waals surface area contributed by atoms with Crippen LogP contribution in [0.4, 0.5) is 0 Å². The van der Waals surface area contributed by atoms with Gasteiger partial charge in [-0.05, 0) is 14.1 Å². The van der Waals surface area contributed by atoms with E-state index in [1.807, 2.05) is 32.8 Å². The molecule has 0 atom stereocenters. The largest absolute Gasteiger partial charge is 0.354 e. The second-order valence-electron chi connectivity index (χ2n) is 3.69. The predicted molar refractivity (Wildman–Crippen MR) is 54.7 cm³/mol. The normalized spacial score (nSPS) is 10.9. The monoisotopic (exact) mass is 187 g/mol. The van der Waals surface area contributed by atoms with E-state index in [1.165, 1.54) is 0 Å². The maximum absolute atomic E-state index is 11.1. The first-order chi connectivity index (χ1) is 6.02. The number of carbonyl (C=O) groups is 1. The Hall–Kier alpha value is -0.610. The third kappa shape index (κ3) is 9.30. The molecule has 0 aromatic heterocycles. The number of likely N-dealkylation sites (N-methyl/N-ethyl adjacent to an activating group) is 1. The minimum atomic E-state index is 0.0653. The van der Waals surface area contributed by atoms with Crippen LogP contribution in [0.2, 0.25) is 0 Å². The van der Waals surface area contributed by atoms with Crippen LogP contribution in [0, 0.1) is 0 Å². The fourth-order valence-electron chi connectivity index (χ4n) is 0.778. The number of amides is 1. The lowest BCUT2D eigenvalue weighted by molar-refractivity contribution is -0.120. The summed E-state index contributed by atoms with van der Waals surface area (Å²) < 4.78 is 0. The van der Waals surface area contributed by atoms with Gasteiger partial charge in [0.05, 0.1) is 6.54 Å². The Morgan fingerprint density at radius 1 is 1.38 bits per heavy atom. The topological polar surface area (TPSA) is 44.4 Å². The molecular weight excluding hydrogens is 166 g/mol. The van der Waals surface area contributed by atoms with Crippen LogP contribution in [-0.2, 0) is 4.79 Å². The molecule has 0 unspecified atom stereocenters. The van der Waals surface area contributed by atoms with E-state index in [4.69, 9.17) is 0 Å². The van der Waals surface area contributed by atoms with Crippen LogP contribution in [-0.4, -0.2) is 50.6 Å². The molecule has 0 saturated carbocycles. The van der Waals surface area contributed by atoms with Crippen LogP contribution in [0.25, 0.3) is 0 Å². The van der Waals surface area contributed by atoms with E-state index >= 15 is 0 Å². The number of nitrogens with one attached hydrogen (secondary N) is 2. The van der Waals surface area contributed by atoms with Gasteiger partial charge in [0.2, 0.25) is 5.91 Å². The van der Waals surface area contributed by atoms with Crippen LogP contribution >= 0.6 is 0 Å². The van der Waals surface area contributed by atoms with E-state index in [0.29, 0.717) is 19.1 Å². The zero-order valence-electron chi connectivity index (χ0n) is 9.05. The maximum atomic E-state index is 11.1. The van der Waals surface area contributed by atoms with Crippen LogP contribution in [0.15, 0.2) is 0 Å². The van der Waals surface area contributed by atoms with E-state index in [1.54, 1.807) is 0 Å². The summed E-state index contributed by atoms with van der Waals surface area (Å²) in [5.74, 6) is 0.0653. The molecule has 0 spiro atoms. The van der Waals surface area contributed by atoms with E-state index in [0.717, 1.165) is 6.54 Å². The molecular formula is C9H21N3O. The van der Waals surface area contributed by atoms with Gasteiger partial charge >= 0.3 is 0 Å². The Balaban J connectivity index is 3.30. The molecule has 0 saturated heterocycles. The Morgan fingerprint density at radius 2 is 2.00 bits per heavy atom. The number of carbonyl (C=O) groups excluding carboxylic acids is 1. The summed E-state index contributed by atoms with van der Waals surface area (Å²) in [4.78, 5) is 13.2. The van der Waals surface area contributed by atoms with Crippen molar-refractivity contribution in [1.82, 2.24) is 15.5 Å². The molecule has 2 N–H and O–H groups in total. The number of hydrogen-bond donors (Lipinski definition) is 2. The standard InChI is InChI=1S/C9H21N3O/c1-8(2)11-7-9(13)10-5-6-12(3)4/h8,11H,5-7H2,1-4H3,(H,10,13). The van der Waals surface area contributed by atoms with Crippen molar-refractivity contribution < 1.29 is 4.79 Å². The highest BCUT2D eigenvalue weighted by atomic mass is 16.1. The minimum absolute atomic E-state index is 0.0653. The summed E-state index contributed by atoms with van der Waals surface area (Å²) in [7, 11) is 3.97. The number of nitrogens with zero attached hydrogens (tertiary/aromatic N) is 1. The second kappa shape index (κ2) is 6.86. The molecule has 0 heterocycles. The molecule has 0 aliphatic heterocycles. The Morgan fingerprint density at radius 3 is 2.46 bits per heavy atom. The number of rotatable bonds is 6. The molecule has 0 fully saturated rings. The Labute approximate surface area is 80.7 Å². The van der Waals surface area contributed by atoms with Crippen molar-refractivity contribution in [3.63, 3.8) is 0 Å². The molecule has 4 nitrogen and oxygen atoms in total. The van der Waals surface area contributed by atoms with Crippen molar-refractivity contribution in [2.24, 2.45) is 0 Å². The molecule has 1 amide bonds. The van der Waals surface area contributed by atoms with Crippen LogP contribution in [0.5, 0.6) is 0 Å². The van der Waals surface area contributed by atoms with E-state index < -0.39 is 0 Å². The molecule has 0 aliphatic carbocycles. The van der Waals surface area contributed by atoms with Gasteiger partial charge in [0.1, 0.15) is 0 Å². The van der Waals surface area contributed by atoms with E-state index in [-0.39, 0.29) is 5.91 Å². The van der Waals surface area contributed by atoms with Gasteiger partial charge in [0.25, 0.3) is 0 Å². The molecule has 0 radical (unpaired) electrons. The fourth-order valence-corrected chi connectivity index (χ4v) is 0.778. The fraction of sp³-hybridized carbons (Fsp3) is 0.889. The van der Waals surface area contributed by atoms with E-state index in [9.17, 15) is 4.79 Å². The minimum Gasteiger partial charge on any atom is -0.354 e. The molecule has 0 bridgehead atoms. The quantitative estimate of drug-likeness (QED) is 0.598. The average molecular weight is 187 g/mol. The van der Waals surface area contributed by atoms with Crippen LogP contribution in [0.1, 0.15) is 13.8 Å². The molecule has 4 heteroatoms. The third-order valence-corrected chi connectivity index (χ3v) is 1.55. The van der Waals surface area contributed by atoms with Gasteiger partial charge in [0, 0.05) is 19.1 Å². The summed E-state index contributed by atoms with van der Waals surface area (Å²) >= 11 is 0. The first-order valence-corrected chi connectivity index (χ1v) is 4.67. The highest BCUT2D eigenvalue weighted by Gasteiger charge is 2.00. The van der Waals surface area contributed by atoms with Crippen molar-refractivity contribution in [2.75, 3.05) is 33.7 Å². The molecule has 0 aromatic carbocycles. The zero-order valence-corrected chi connectivity index (χ0v) is 9.05. The summed E-state index contributed by atoms with van der Waals surface area (Å²) in [6, 6.07) is 0.361. The predicted octanol–water partition coefficient (Wildman–Crippen LogP) is -0.338. The molecule has 0 rings (SSSR count). The first-order valence-electron chi connectivity index (χ1n) is 4.67. The van der Waals surface area contributed by atoms with E-state index in [2.05, 4.69) is 10.6 Å². The van der Waals surface area contributed by atoms with Crippen LogP contribution in [0.3, 0.4) is 0 Å². The lowest BCUT2D eigenvalue weighted by Crippen LogP contribution is -2.39. The lowest BCUT2D eigenvalue weighted by atomic mass is 10.4.